The molecule has 1 aromatic heterocycles. The molecular formula is C12H14BrN3. The summed E-state index contributed by atoms with van der Waals surface area (Å²) in [6.07, 6.45) is 1.85. The lowest BCUT2D eigenvalue weighted by Gasteiger charge is -2.03. The average Bonchev–Trinajstić information content (AvgIpc) is 2.78. The topological polar surface area (TPSA) is 54.7 Å². The number of benzene rings is 1. The Kier molecular flexibility index (Phi) is 3.41. The number of H-pyrrole nitrogens is 1. The van der Waals surface area contributed by atoms with Crippen molar-refractivity contribution < 1.29 is 0 Å². The Morgan fingerprint density at radius 2 is 2.06 bits per heavy atom. The van der Waals surface area contributed by atoms with E-state index in [2.05, 4.69) is 45.0 Å². The second-order valence-corrected chi connectivity index (χ2v) is 4.74. The minimum Gasteiger partial charge on any atom is -0.342 e. The van der Waals surface area contributed by atoms with E-state index in [0.717, 1.165) is 21.6 Å². The Balaban J connectivity index is 2.28. The van der Waals surface area contributed by atoms with Crippen molar-refractivity contribution in [2.24, 2.45) is 5.73 Å². The van der Waals surface area contributed by atoms with Gasteiger partial charge in [-0.25, -0.2) is 4.98 Å². The highest BCUT2D eigenvalue weighted by Gasteiger charge is 2.08. The van der Waals surface area contributed by atoms with Crippen molar-refractivity contribution in [3.05, 3.63) is 40.8 Å². The van der Waals surface area contributed by atoms with Gasteiger partial charge in [0, 0.05) is 16.9 Å². The van der Waals surface area contributed by atoms with Gasteiger partial charge in [-0.1, -0.05) is 35.0 Å². The third-order valence-corrected chi connectivity index (χ3v) is 3.10. The molecule has 2 aromatic rings. The number of halogens is 1. The maximum absolute atomic E-state index is 5.61. The SMILES string of the molecule is CC(CN)c1ncc(-c2ccc(Br)cc2)[nH]1. The minimum absolute atomic E-state index is 0.268. The standard InChI is InChI=1S/C12H14BrN3/c1-8(6-14)12-15-7-11(16-12)9-2-4-10(13)5-3-9/h2-5,7-8H,6,14H2,1H3,(H,15,16). The molecule has 0 aliphatic rings. The first-order chi connectivity index (χ1) is 7.70. The van der Waals surface area contributed by atoms with Crippen LogP contribution in [0, 0.1) is 0 Å². The summed E-state index contributed by atoms with van der Waals surface area (Å²) < 4.78 is 1.08. The predicted octanol–water partition coefficient (Wildman–Crippen LogP) is 2.90. The highest BCUT2D eigenvalue weighted by atomic mass is 79.9. The van der Waals surface area contributed by atoms with E-state index in [1.807, 2.05) is 18.3 Å². The number of hydrogen-bond acceptors (Lipinski definition) is 2. The molecule has 1 aromatic carbocycles. The van der Waals surface area contributed by atoms with Crippen LogP contribution in [0.5, 0.6) is 0 Å². The lowest BCUT2D eigenvalue weighted by atomic mass is 10.1. The molecule has 0 bridgehead atoms. The van der Waals surface area contributed by atoms with Gasteiger partial charge in [0.25, 0.3) is 0 Å². The summed E-state index contributed by atoms with van der Waals surface area (Å²) in [4.78, 5) is 7.63. The Morgan fingerprint density at radius 3 is 2.69 bits per heavy atom. The smallest absolute Gasteiger partial charge is 0.110 e. The molecule has 1 atom stereocenters. The van der Waals surface area contributed by atoms with Crippen LogP contribution < -0.4 is 5.73 Å². The number of imidazole rings is 1. The fraction of sp³-hybridized carbons (Fsp3) is 0.250. The zero-order chi connectivity index (χ0) is 11.5. The van der Waals surface area contributed by atoms with Gasteiger partial charge in [-0.15, -0.1) is 0 Å². The molecule has 3 nitrogen and oxygen atoms in total. The Bertz CT molecular complexity index is 461. The number of rotatable bonds is 3. The number of hydrogen-bond donors (Lipinski definition) is 2. The fourth-order valence-corrected chi connectivity index (χ4v) is 1.74. The molecule has 16 heavy (non-hydrogen) atoms. The first-order valence-electron chi connectivity index (χ1n) is 5.21. The molecular weight excluding hydrogens is 266 g/mol. The normalized spacial score (nSPS) is 12.7. The second kappa shape index (κ2) is 4.80. The third kappa shape index (κ3) is 2.33. The fourth-order valence-electron chi connectivity index (χ4n) is 1.47. The van der Waals surface area contributed by atoms with Crippen LogP contribution in [0.1, 0.15) is 18.7 Å². The Morgan fingerprint density at radius 1 is 1.38 bits per heavy atom. The largest absolute Gasteiger partial charge is 0.342 e. The van der Waals surface area contributed by atoms with Gasteiger partial charge in [-0.3, -0.25) is 0 Å². The van der Waals surface area contributed by atoms with E-state index in [4.69, 9.17) is 5.73 Å². The van der Waals surface area contributed by atoms with E-state index in [1.165, 1.54) is 0 Å². The summed E-state index contributed by atoms with van der Waals surface area (Å²) in [6, 6.07) is 8.13. The van der Waals surface area contributed by atoms with E-state index in [0.29, 0.717) is 6.54 Å². The van der Waals surface area contributed by atoms with Crippen LogP contribution in [-0.4, -0.2) is 16.5 Å². The summed E-state index contributed by atoms with van der Waals surface area (Å²) in [7, 11) is 0. The highest BCUT2D eigenvalue weighted by Crippen LogP contribution is 2.21. The molecule has 1 unspecified atom stereocenters. The van der Waals surface area contributed by atoms with Gasteiger partial charge in [0.05, 0.1) is 11.9 Å². The molecule has 0 amide bonds. The van der Waals surface area contributed by atoms with Gasteiger partial charge in [-0.05, 0) is 17.7 Å². The van der Waals surface area contributed by atoms with E-state index < -0.39 is 0 Å². The number of aromatic amines is 1. The van der Waals surface area contributed by atoms with Crippen LogP contribution in [0.15, 0.2) is 34.9 Å². The minimum atomic E-state index is 0.268. The number of nitrogens with zero attached hydrogens (tertiary/aromatic N) is 1. The van der Waals surface area contributed by atoms with Gasteiger partial charge in [0.15, 0.2) is 0 Å². The van der Waals surface area contributed by atoms with Crippen molar-refractivity contribution in [3.8, 4) is 11.3 Å². The Hall–Kier alpha value is -1.13. The molecule has 3 N–H and O–H groups in total. The predicted molar refractivity (Wildman–Crippen MR) is 69.2 cm³/mol. The molecule has 0 aliphatic carbocycles. The summed E-state index contributed by atoms with van der Waals surface area (Å²) >= 11 is 3.42. The molecule has 2 rings (SSSR count). The molecule has 0 saturated heterocycles. The molecule has 1 heterocycles. The van der Waals surface area contributed by atoms with E-state index in [-0.39, 0.29) is 5.92 Å². The third-order valence-electron chi connectivity index (χ3n) is 2.57. The summed E-state index contributed by atoms with van der Waals surface area (Å²) in [5, 5.41) is 0. The molecule has 0 spiro atoms. The van der Waals surface area contributed by atoms with Gasteiger partial charge in [0.1, 0.15) is 5.82 Å². The Labute approximate surface area is 103 Å². The quantitative estimate of drug-likeness (QED) is 0.908. The first-order valence-corrected chi connectivity index (χ1v) is 6.01. The summed E-state index contributed by atoms with van der Waals surface area (Å²) in [5.41, 5.74) is 7.77. The van der Waals surface area contributed by atoms with Crippen LogP contribution in [0.4, 0.5) is 0 Å². The average molecular weight is 280 g/mol. The molecule has 84 valence electrons. The van der Waals surface area contributed by atoms with Crippen molar-refractivity contribution >= 4 is 15.9 Å². The van der Waals surface area contributed by atoms with Crippen LogP contribution in [0.3, 0.4) is 0 Å². The number of nitrogens with one attached hydrogen (secondary N) is 1. The first kappa shape index (κ1) is 11.4. The number of aromatic nitrogens is 2. The second-order valence-electron chi connectivity index (χ2n) is 3.83. The van der Waals surface area contributed by atoms with E-state index >= 15 is 0 Å². The summed E-state index contributed by atoms with van der Waals surface area (Å²) in [6.45, 7) is 2.66. The monoisotopic (exact) mass is 279 g/mol. The van der Waals surface area contributed by atoms with Crippen LogP contribution in [0.25, 0.3) is 11.3 Å². The lowest BCUT2D eigenvalue weighted by molar-refractivity contribution is 0.725. The van der Waals surface area contributed by atoms with Gasteiger partial charge < -0.3 is 10.7 Å². The van der Waals surface area contributed by atoms with Crippen molar-refractivity contribution in [1.82, 2.24) is 9.97 Å². The molecule has 0 saturated carbocycles. The van der Waals surface area contributed by atoms with E-state index in [9.17, 15) is 0 Å². The van der Waals surface area contributed by atoms with Gasteiger partial charge in [-0.2, -0.15) is 0 Å². The maximum Gasteiger partial charge on any atom is 0.110 e. The lowest BCUT2D eigenvalue weighted by Crippen LogP contribution is -2.10. The highest BCUT2D eigenvalue weighted by molar-refractivity contribution is 9.10. The molecule has 4 heteroatoms. The van der Waals surface area contributed by atoms with Crippen molar-refractivity contribution in [3.63, 3.8) is 0 Å². The maximum atomic E-state index is 5.61. The molecule has 0 fully saturated rings. The van der Waals surface area contributed by atoms with Crippen LogP contribution >= 0.6 is 15.9 Å². The van der Waals surface area contributed by atoms with Crippen molar-refractivity contribution in [1.29, 1.82) is 0 Å². The van der Waals surface area contributed by atoms with Crippen LogP contribution in [-0.2, 0) is 0 Å². The molecule has 0 radical (unpaired) electrons. The number of nitrogens with two attached hydrogens (primary N) is 1. The molecule has 0 aliphatic heterocycles. The van der Waals surface area contributed by atoms with E-state index in [1.54, 1.807) is 0 Å². The zero-order valence-electron chi connectivity index (χ0n) is 9.07. The van der Waals surface area contributed by atoms with Crippen LogP contribution in [0.2, 0.25) is 0 Å². The van der Waals surface area contributed by atoms with Crippen molar-refractivity contribution in [2.75, 3.05) is 6.54 Å². The summed E-state index contributed by atoms with van der Waals surface area (Å²) in [5.74, 6) is 1.21. The van der Waals surface area contributed by atoms with Crippen molar-refractivity contribution in [2.45, 2.75) is 12.8 Å². The van der Waals surface area contributed by atoms with Gasteiger partial charge >= 0.3 is 0 Å². The zero-order valence-corrected chi connectivity index (χ0v) is 10.7. The van der Waals surface area contributed by atoms with Gasteiger partial charge in [0.2, 0.25) is 0 Å².